The maximum absolute atomic E-state index is 8.40. The molecule has 0 radical (unpaired) electrons. The van der Waals surface area contributed by atoms with Crippen LogP contribution in [0.3, 0.4) is 0 Å². The highest BCUT2D eigenvalue weighted by atomic mass is 32.1. The third kappa shape index (κ3) is 3.98. The quantitative estimate of drug-likeness (QED) is 0.754. The summed E-state index contributed by atoms with van der Waals surface area (Å²) in [6.07, 6.45) is 4.54. The Balaban J connectivity index is 2.33. The zero-order valence-corrected chi connectivity index (χ0v) is 10.1. The lowest BCUT2D eigenvalue weighted by atomic mass is 10.3. The molecule has 1 atom stereocenters. The molecule has 0 amide bonds. The van der Waals surface area contributed by atoms with Crippen molar-refractivity contribution < 1.29 is 0 Å². The lowest BCUT2D eigenvalue weighted by Gasteiger charge is -2.09. The second kappa shape index (κ2) is 6.54. The average molecular weight is 223 g/mol. The Kier molecular flexibility index (Phi) is 5.30. The van der Waals surface area contributed by atoms with Crippen LogP contribution in [-0.2, 0) is 6.42 Å². The van der Waals surface area contributed by atoms with E-state index in [2.05, 4.69) is 30.2 Å². The molecule has 1 unspecified atom stereocenters. The predicted octanol–water partition coefficient (Wildman–Crippen LogP) is 2.66. The summed E-state index contributed by atoms with van der Waals surface area (Å²) in [7, 11) is 0. The van der Waals surface area contributed by atoms with Gasteiger partial charge in [-0.05, 0) is 26.3 Å². The van der Waals surface area contributed by atoms with E-state index >= 15 is 0 Å². The smallest absolute Gasteiger partial charge is 0.109 e. The van der Waals surface area contributed by atoms with Crippen LogP contribution in [-0.4, -0.2) is 11.5 Å². The van der Waals surface area contributed by atoms with E-state index in [9.17, 15) is 0 Å². The summed E-state index contributed by atoms with van der Waals surface area (Å²) in [6, 6.07) is 2.44. The molecule has 15 heavy (non-hydrogen) atoms. The summed E-state index contributed by atoms with van der Waals surface area (Å²) in [5.41, 5.74) is 0. The standard InChI is InChI=1S/C11H17N3S/c1-3-10-8-14-11(15-10)9(2)13-7-5-4-6-12/h8-9,13H,3-5,7H2,1-2H3. The first-order valence-corrected chi connectivity index (χ1v) is 6.14. The van der Waals surface area contributed by atoms with Gasteiger partial charge in [0, 0.05) is 17.5 Å². The monoisotopic (exact) mass is 223 g/mol. The maximum Gasteiger partial charge on any atom is 0.109 e. The molecule has 1 rings (SSSR count). The number of rotatable bonds is 6. The Morgan fingerprint density at radius 1 is 1.67 bits per heavy atom. The van der Waals surface area contributed by atoms with Crippen LogP contribution < -0.4 is 5.32 Å². The molecule has 0 fully saturated rings. The van der Waals surface area contributed by atoms with Crippen LogP contribution in [0.25, 0.3) is 0 Å². The number of unbranched alkanes of at least 4 members (excludes halogenated alkanes) is 1. The number of aromatic nitrogens is 1. The summed E-state index contributed by atoms with van der Waals surface area (Å²) < 4.78 is 0. The van der Waals surface area contributed by atoms with Crippen molar-refractivity contribution in [2.75, 3.05) is 6.54 Å². The largest absolute Gasteiger partial charge is 0.308 e. The highest BCUT2D eigenvalue weighted by Gasteiger charge is 2.08. The fourth-order valence-electron chi connectivity index (χ4n) is 1.26. The molecule has 0 aliphatic carbocycles. The first kappa shape index (κ1) is 12.2. The molecule has 82 valence electrons. The zero-order chi connectivity index (χ0) is 11.1. The van der Waals surface area contributed by atoms with Gasteiger partial charge in [-0.15, -0.1) is 11.3 Å². The van der Waals surface area contributed by atoms with E-state index < -0.39 is 0 Å². The molecular formula is C11H17N3S. The van der Waals surface area contributed by atoms with Crippen molar-refractivity contribution in [1.29, 1.82) is 5.26 Å². The van der Waals surface area contributed by atoms with Gasteiger partial charge in [0.1, 0.15) is 5.01 Å². The molecule has 0 saturated carbocycles. The Labute approximate surface area is 95.2 Å². The van der Waals surface area contributed by atoms with E-state index in [1.807, 2.05) is 6.20 Å². The topological polar surface area (TPSA) is 48.7 Å². The minimum absolute atomic E-state index is 0.300. The number of hydrogen-bond donors (Lipinski definition) is 1. The zero-order valence-electron chi connectivity index (χ0n) is 9.29. The molecule has 0 saturated heterocycles. The van der Waals surface area contributed by atoms with Crippen molar-refractivity contribution in [2.45, 2.75) is 39.2 Å². The van der Waals surface area contributed by atoms with Crippen LogP contribution in [0.15, 0.2) is 6.20 Å². The third-order valence-corrected chi connectivity index (χ3v) is 3.53. The maximum atomic E-state index is 8.40. The Morgan fingerprint density at radius 2 is 2.47 bits per heavy atom. The van der Waals surface area contributed by atoms with E-state index in [-0.39, 0.29) is 0 Å². The molecule has 0 spiro atoms. The Morgan fingerprint density at radius 3 is 3.07 bits per heavy atom. The number of aryl methyl sites for hydroxylation is 1. The van der Waals surface area contributed by atoms with Crippen LogP contribution >= 0.6 is 11.3 Å². The lowest BCUT2D eigenvalue weighted by Crippen LogP contribution is -2.19. The first-order valence-electron chi connectivity index (χ1n) is 5.32. The fourth-order valence-corrected chi connectivity index (χ4v) is 2.14. The van der Waals surface area contributed by atoms with Gasteiger partial charge in [0.25, 0.3) is 0 Å². The summed E-state index contributed by atoms with van der Waals surface area (Å²) >= 11 is 1.77. The number of nitriles is 1. The van der Waals surface area contributed by atoms with E-state index in [1.165, 1.54) is 4.88 Å². The molecule has 0 aliphatic rings. The second-order valence-corrected chi connectivity index (χ2v) is 4.60. The van der Waals surface area contributed by atoms with Crippen molar-refractivity contribution in [3.05, 3.63) is 16.1 Å². The molecule has 1 N–H and O–H groups in total. The van der Waals surface area contributed by atoms with Crippen molar-refractivity contribution in [1.82, 2.24) is 10.3 Å². The van der Waals surface area contributed by atoms with E-state index in [0.717, 1.165) is 24.4 Å². The minimum atomic E-state index is 0.300. The number of nitrogens with one attached hydrogen (secondary N) is 1. The van der Waals surface area contributed by atoms with Crippen molar-refractivity contribution in [2.24, 2.45) is 0 Å². The highest BCUT2D eigenvalue weighted by Crippen LogP contribution is 2.19. The Hall–Kier alpha value is -0.920. The van der Waals surface area contributed by atoms with Crippen LogP contribution in [0.4, 0.5) is 0 Å². The molecule has 1 aromatic rings. The summed E-state index contributed by atoms with van der Waals surface area (Å²) in [5, 5.41) is 12.9. The molecule has 0 aliphatic heterocycles. The van der Waals surface area contributed by atoms with Crippen LogP contribution in [0, 0.1) is 11.3 Å². The minimum Gasteiger partial charge on any atom is -0.308 e. The number of hydrogen-bond acceptors (Lipinski definition) is 4. The van der Waals surface area contributed by atoms with Crippen LogP contribution in [0.5, 0.6) is 0 Å². The SMILES string of the molecule is CCc1cnc(C(C)NCCCC#N)s1. The van der Waals surface area contributed by atoms with Gasteiger partial charge in [0.2, 0.25) is 0 Å². The number of nitrogens with zero attached hydrogens (tertiary/aromatic N) is 2. The Bertz CT molecular complexity index is 327. The second-order valence-electron chi connectivity index (χ2n) is 3.46. The van der Waals surface area contributed by atoms with E-state index in [0.29, 0.717) is 12.5 Å². The molecular weight excluding hydrogens is 206 g/mol. The van der Waals surface area contributed by atoms with Crippen molar-refractivity contribution in [3.63, 3.8) is 0 Å². The van der Waals surface area contributed by atoms with Crippen molar-refractivity contribution in [3.8, 4) is 6.07 Å². The van der Waals surface area contributed by atoms with E-state index in [4.69, 9.17) is 5.26 Å². The van der Waals surface area contributed by atoms with Gasteiger partial charge in [0.05, 0.1) is 12.1 Å². The van der Waals surface area contributed by atoms with Gasteiger partial charge in [-0.3, -0.25) is 0 Å². The molecule has 4 heteroatoms. The predicted molar refractivity (Wildman–Crippen MR) is 62.8 cm³/mol. The summed E-state index contributed by atoms with van der Waals surface area (Å²) in [5.74, 6) is 0. The van der Waals surface area contributed by atoms with Gasteiger partial charge in [-0.2, -0.15) is 5.26 Å². The van der Waals surface area contributed by atoms with Gasteiger partial charge >= 0.3 is 0 Å². The molecule has 0 aromatic carbocycles. The van der Waals surface area contributed by atoms with Crippen molar-refractivity contribution >= 4 is 11.3 Å². The molecule has 0 bridgehead atoms. The highest BCUT2D eigenvalue weighted by molar-refractivity contribution is 7.11. The molecule has 1 heterocycles. The fraction of sp³-hybridized carbons (Fsp3) is 0.636. The van der Waals surface area contributed by atoms with E-state index in [1.54, 1.807) is 11.3 Å². The first-order chi connectivity index (χ1) is 7.27. The van der Waals surface area contributed by atoms with Gasteiger partial charge in [-0.25, -0.2) is 4.98 Å². The van der Waals surface area contributed by atoms with Gasteiger partial charge < -0.3 is 5.32 Å². The third-order valence-electron chi connectivity index (χ3n) is 2.21. The molecule has 3 nitrogen and oxygen atoms in total. The lowest BCUT2D eigenvalue weighted by molar-refractivity contribution is 0.559. The van der Waals surface area contributed by atoms with Crippen LogP contribution in [0.2, 0.25) is 0 Å². The molecule has 1 aromatic heterocycles. The summed E-state index contributed by atoms with van der Waals surface area (Å²) in [6.45, 7) is 5.14. The average Bonchev–Trinajstić information content (AvgIpc) is 2.72. The number of thiazole rings is 1. The van der Waals surface area contributed by atoms with Gasteiger partial charge in [-0.1, -0.05) is 6.92 Å². The summed E-state index contributed by atoms with van der Waals surface area (Å²) in [4.78, 5) is 5.71. The van der Waals surface area contributed by atoms with Gasteiger partial charge in [0.15, 0.2) is 0 Å². The normalized spacial score (nSPS) is 12.3. The van der Waals surface area contributed by atoms with Crippen LogP contribution in [0.1, 0.15) is 42.6 Å².